The molecule has 2 aromatic heterocycles. The van der Waals surface area contributed by atoms with Gasteiger partial charge < -0.3 is 4.98 Å². The van der Waals surface area contributed by atoms with E-state index >= 15 is 0 Å². The smallest absolute Gasteiger partial charge is 0.292 e. The lowest BCUT2D eigenvalue weighted by Crippen LogP contribution is -2.10. The van der Waals surface area contributed by atoms with Crippen LogP contribution < -0.4 is 5.56 Å². The van der Waals surface area contributed by atoms with Crippen molar-refractivity contribution < 1.29 is 0 Å². The third-order valence-electron chi connectivity index (χ3n) is 2.31. The van der Waals surface area contributed by atoms with Crippen molar-refractivity contribution in [3.8, 4) is 0 Å². The first kappa shape index (κ1) is 8.90. The number of nitrogens with one attached hydrogen (secondary N) is 1. The van der Waals surface area contributed by atoms with E-state index in [1.165, 1.54) is 0 Å². The fourth-order valence-corrected chi connectivity index (χ4v) is 2.13. The topological polar surface area (TPSA) is 50.2 Å². The van der Waals surface area contributed by atoms with Crippen LogP contribution in [0.2, 0.25) is 0 Å². The Morgan fingerprint density at radius 3 is 3.13 bits per heavy atom. The molecule has 0 aliphatic heterocycles. The summed E-state index contributed by atoms with van der Waals surface area (Å²) in [4.78, 5) is 18.4. The lowest BCUT2D eigenvalue weighted by Gasteiger charge is -2.01. The molecule has 0 aliphatic carbocycles. The molecule has 0 bridgehead atoms. The molecule has 0 unspecified atom stereocenters. The van der Waals surface area contributed by atoms with Crippen molar-refractivity contribution in [2.45, 2.75) is 0 Å². The second-order valence-corrected chi connectivity index (χ2v) is 4.48. The molecule has 0 aliphatic rings. The normalized spacial score (nSPS) is 11.3. The van der Waals surface area contributed by atoms with Gasteiger partial charge >= 0.3 is 0 Å². The number of halogens is 1. The number of imidazole rings is 1. The van der Waals surface area contributed by atoms with Gasteiger partial charge in [0.05, 0.1) is 11.0 Å². The second kappa shape index (κ2) is 3.06. The summed E-state index contributed by atoms with van der Waals surface area (Å²) in [6, 6.07) is 5.88. The summed E-state index contributed by atoms with van der Waals surface area (Å²) in [6.45, 7) is 0. The SMILES string of the molecule is O=c1[nH]c2ccc(I)cc2n2ccnc12. The fourth-order valence-electron chi connectivity index (χ4n) is 1.65. The van der Waals surface area contributed by atoms with Gasteiger partial charge in [-0.05, 0) is 40.8 Å². The van der Waals surface area contributed by atoms with Crippen LogP contribution in [0.25, 0.3) is 16.7 Å². The number of rotatable bonds is 0. The van der Waals surface area contributed by atoms with Gasteiger partial charge in [-0.15, -0.1) is 0 Å². The molecule has 0 amide bonds. The fraction of sp³-hybridized carbons (Fsp3) is 0. The van der Waals surface area contributed by atoms with E-state index in [9.17, 15) is 4.79 Å². The van der Waals surface area contributed by atoms with Crippen LogP contribution in [0.5, 0.6) is 0 Å². The minimum absolute atomic E-state index is 0.159. The lowest BCUT2D eigenvalue weighted by molar-refractivity contribution is 1.16. The molecule has 0 fully saturated rings. The molecule has 2 heterocycles. The summed E-state index contributed by atoms with van der Waals surface area (Å²) in [7, 11) is 0. The number of nitrogens with zero attached hydrogens (tertiary/aromatic N) is 2. The number of fused-ring (bicyclic) bond motifs is 3. The maximum Gasteiger partial charge on any atom is 0.292 e. The Hall–Kier alpha value is -1.37. The molecule has 3 rings (SSSR count). The summed E-state index contributed by atoms with van der Waals surface area (Å²) in [5, 5.41) is 0. The Kier molecular flexibility index (Phi) is 1.82. The van der Waals surface area contributed by atoms with Crippen LogP contribution in [0.3, 0.4) is 0 Å². The molecule has 0 atom stereocenters. The number of aromatic amines is 1. The van der Waals surface area contributed by atoms with Crippen molar-refractivity contribution >= 4 is 39.3 Å². The van der Waals surface area contributed by atoms with Crippen molar-refractivity contribution in [3.05, 3.63) is 44.5 Å². The molecule has 1 N–H and O–H groups in total. The lowest BCUT2D eigenvalue weighted by atomic mass is 10.3. The zero-order valence-corrected chi connectivity index (χ0v) is 9.72. The number of H-pyrrole nitrogens is 1. The number of hydrogen-bond acceptors (Lipinski definition) is 2. The number of hydrogen-bond donors (Lipinski definition) is 1. The van der Waals surface area contributed by atoms with Crippen molar-refractivity contribution in [1.82, 2.24) is 14.4 Å². The standard InChI is InChI=1S/C10H6IN3O/c11-6-1-2-7-8(5-6)14-4-3-12-9(14)10(15)13-7/h1-5H,(H,13,15). The van der Waals surface area contributed by atoms with E-state index in [0.29, 0.717) is 5.65 Å². The van der Waals surface area contributed by atoms with E-state index in [0.717, 1.165) is 14.6 Å². The average molecular weight is 311 g/mol. The molecule has 0 spiro atoms. The van der Waals surface area contributed by atoms with Gasteiger partial charge in [0.25, 0.3) is 5.56 Å². The zero-order chi connectivity index (χ0) is 10.4. The first-order valence-electron chi connectivity index (χ1n) is 4.40. The summed E-state index contributed by atoms with van der Waals surface area (Å²) in [5.74, 6) is 0. The zero-order valence-electron chi connectivity index (χ0n) is 7.57. The largest absolute Gasteiger partial charge is 0.317 e. The summed E-state index contributed by atoms with van der Waals surface area (Å²) >= 11 is 2.24. The summed E-state index contributed by atoms with van der Waals surface area (Å²) in [6.07, 6.45) is 3.42. The molecule has 3 aromatic rings. The van der Waals surface area contributed by atoms with Gasteiger partial charge in [0.1, 0.15) is 0 Å². The molecule has 74 valence electrons. The summed E-state index contributed by atoms with van der Waals surface area (Å²) < 4.78 is 2.93. The Morgan fingerprint density at radius 2 is 2.27 bits per heavy atom. The van der Waals surface area contributed by atoms with E-state index in [4.69, 9.17) is 0 Å². The molecule has 0 saturated heterocycles. The van der Waals surface area contributed by atoms with Crippen LogP contribution in [0.15, 0.2) is 35.4 Å². The van der Waals surface area contributed by atoms with Gasteiger partial charge in [0, 0.05) is 16.0 Å². The molecule has 5 heteroatoms. The van der Waals surface area contributed by atoms with Gasteiger partial charge in [-0.25, -0.2) is 4.98 Å². The maximum atomic E-state index is 11.6. The number of aromatic nitrogens is 3. The first-order chi connectivity index (χ1) is 7.25. The molecule has 1 aromatic carbocycles. The third-order valence-corrected chi connectivity index (χ3v) is 2.98. The molecule has 15 heavy (non-hydrogen) atoms. The Bertz CT molecular complexity index is 713. The highest BCUT2D eigenvalue weighted by Crippen LogP contribution is 2.14. The minimum Gasteiger partial charge on any atom is -0.317 e. The molecule has 4 nitrogen and oxygen atoms in total. The molecule has 0 saturated carbocycles. The first-order valence-corrected chi connectivity index (χ1v) is 5.48. The van der Waals surface area contributed by atoms with Gasteiger partial charge in [-0.2, -0.15) is 0 Å². The predicted octanol–water partition coefficient (Wildman–Crippen LogP) is 1.78. The molecule has 0 radical (unpaired) electrons. The Labute approximate surface area is 98.1 Å². The van der Waals surface area contributed by atoms with Crippen molar-refractivity contribution in [3.63, 3.8) is 0 Å². The molecular formula is C10H6IN3O. The van der Waals surface area contributed by atoms with E-state index in [1.807, 2.05) is 18.2 Å². The minimum atomic E-state index is -0.159. The van der Waals surface area contributed by atoms with Gasteiger partial charge in [0.15, 0.2) is 0 Å². The van der Waals surface area contributed by atoms with Gasteiger partial charge in [-0.1, -0.05) is 0 Å². The van der Waals surface area contributed by atoms with E-state index < -0.39 is 0 Å². The third kappa shape index (κ3) is 1.26. The van der Waals surface area contributed by atoms with Crippen molar-refractivity contribution in [2.24, 2.45) is 0 Å². The van der Waals surface area contributed by atoms with Crippen LogP contribution in [-0.2, 0) is 0 Å². The van der Waals surface area contributed by atoms with E-state index in [1.54, 1.807) is 16.8 Å². The monoisotopic (exact) mass is 311 g/mol. The highest BCUT2D eigenvalue weighted by atomic mass is 127. The second-order valence-electron chi connectivity index (χ2n) is 3.24. The van der Waals surface area contributed by atoms with Crippen LogP contribution in [0.1, 0.15) is 0 Å². The van der Waals surface area contributed by atoms with E-state index in [-0.39, 0.29) is 5.56 Å². The van der Waals surface area contributed by atoms with Crippen LogP contribution in [0.4, 0.5) is 0 Å². The van der Waals surface area contributed by atoms with Gasteiger partial charge in [-0.3, -0.25) is 9.20 Å². The average Bonchev–Trinajstić information content (AvgIpc) is 2.69. The highest BCUT2D eigenvalue weighted by Gasteiger charge is 2.04. The summed E-state index contributed by atoms with van der Waals surface area (Å²) in [5.41, 5.74) is 2.07. The Balaban J connectivity index is 2.67. The van der Waals surface area contributed by atoms with Gasteiger partial charge in [0.2, 0.25) is 5.65 Å². The van der Waals surface area contributed by atoms with Crippen molar-refractivity contribution in [2.75, 3.05) is 0 Å². The van der Waals surface area contributed by atoms with E-state index in [2.05, 4.69) is 32.6 Å². The van der Waals surface area contributed by atoms with Crippen LogP contribution >= 0.6 is 22.6 Å². The highest BCUT2D eigenvalue weighted by molar-refractivity contribution is 14.1. The quantitative estimate of drug-likeness (QED) is 0.644. The predicted molar refractivity (Wildman–Crippen MR) is 66.0 cm³/mol. The molecular weight excluding hydrogens is 305 g/mol. The number of benzene rings is 1. The van der Waals surface area contributed by atoms with Crippen LogP contribution in [-0.4, -0.2) is 14.4 Å². The Morgan fingerprint density at radius 1 is 1.40 bits per heavy atom. The maximum absolute atomic E-state index is 11.6. The van der Waals surface area contributed by atoms with Crippen LogP contribution in [0, 0.1) is 3.57 Å². The van der Waals surface area contributed by atoms with Crippen molar-refractivity contribution in [1.29, 1.82) is 0 Å².